The van der Waals surface area contributed by atoms with E-state index in [0.717, 1.165) is 18.6 Å². The number of hydrogen-bond donors (Lipinski definition) is 1. The molecule has 1 fully saturated rings. The third-order valence-corrected chi connectivity index (χ3v) is 3.21. The number of unbranched alkanes of at least 4 members (excludes halogenated alkanes) is 2. The molecular weight excluding hydrogens is 186 g/mol. The van der Waals surface area contributed by atoms with Crippen LogP contribution >= 0.6 is 0 Å². The van der Waals surface area contributed by atoms with Gasteiger partial charge in [0.25, 0.3) is 0 Å². The van der Waals surface area contributed by atoms with Crippen molar-refractivity contribution in [2.24, 2.45) is 5.92 Å². The second kappa shape index (κ2) is 8.12. The Kier molecular flexibility index (Phi) is 7.03. The summed E-state index contributed by atoms with van der Waals surface area (Å²) < 4.78 is 5.06. The molecule has 0 aromatic carbocycles. The van der Waals surface area contributed by atoms with Crippen LogP contribution in [0, 0.1) is 5.92 Å². The molecule has 0 bridgehead atoms. The number of ether oxygens (including phenoxy) is 1. The summed E-state index contributed by atoms with van der Waals surface area (Å²) in [6.07, 6.45) is 9.45. The summed E-state index contributed by atoms with van der Waals surface area (Å²) >= 11 is 0. The van der Waals surface area contributed by atoms with Crippen molar-refractivity contribution in [3.8, 4) is 0 Å². The first-order chi connectivity index (χ1) is 7.38. The van der Waals surface area contributed by atoms with E-state index in [1.807, 2.05) is 0 Å². The highest BCUT2D eigenvalue weighted by Crippen LogP contribution is 2.34. The van der Waals surface area contributed by atoms with Crippen LogP contribution in [0.4, 0.5) is 0 Å². The predicted octanol–water partition coefficient (Wildman–Crippen LogP) is 2.97. The normalized spacial score (nSPS) is 18.0. The maximum Gasteiger partial charge on any atom is 0.0462 e. The second-order valence-corrected chi connectivity index (χ2v) is 4.74. The van der Waals surface area contributed by atoms with E-state index in [1.54, 1.807) is 7.11 Å². The largest absolute Gasteiger partial charge is 0.385 e. The van der Waals surface area contributed by atoms with Crippen molar-refractivity contribution >= 4 is 0 Å². The standard InChI is InChI=1S/C13H27NO/c1-3-10-14-13(12-8-9-12)7-5-4-6-11-15-2/h12-14H,3-11H2,1-2H3. The lowest BCUT2D eigenvalue weighted by Crippen LogP contribution is -2.31. The van der Waals surface area contributed by atoms with Gasteiger partial charge in [0.2, 0.25) is 0 Å². The van der Waals surface area contributed by atoms with Gasteiger partial charge in [0, 0.05) is 19.8 Å². The number of hydrogen-bond acceptors (Lipinski definition) is 2. The van der Waals surface area contributed by atoms with Crippen LogP contribution in [-0.4, -0.2) is 26.3 Å². The van der Waals surface area contributed by atoms with Crippen molar-refractivity contribution in [3.63, 3.8) is 0 Å². The number of rotatable bonds is 10. The first kappa shape index (κ1) is 13.0. The molecule has 1 saturated carbocycles. The molecule has 0 aliphatic heterocycles. The van der Waals surface area contributed by atoms with Crippen molar-refractivity contribution < 1.29 is 4.74 Å². The quantitative estimate of drug-likeness (QED) is 0.563. The number of methoxy groups -OCH3 is 1. The van der Waals surface area contributed by atoms with E-state index in [2.05, 4.69) is 12.2 Å². The SMILES string of the molecule is CCCNC(CCCCCOC)C1CC1. The van der Waals surface area contributed by atoms with E-state index in [-0.39, 0.29) is 0 Å². The monoisotopic (exact) mass is 213 g/mol. The fourth-order valence-corrected chi connectivity index (χ4v) is 2.12. The average molecular weight is 213 g/mol. The fraction of sp³-hybridized carbons (Fsp3) is 1.00. The summed E-state index contributed by atoms with van der Waals surface area (Å²) in [7, 11) is 1.79. The summed E-state index contributed by atoms with van der Waals surface area (Å²) in [4.78, 5) is 0. The molecule has 0 saturated heterocycles. The Labute approximate surface area is 94.8 Å². The predicted molar refractivity (Wildman–Crippen MR) is 65.1 cm³/mol. The van der Waals surface area contributed by atoms with Gasteiger partial charge >= 0.3 is 0 Å². The summed E-state index contributed by atoms with van der Waals surface area (Å²) in [6, 6.07) is 0.812. The zero-order valence-corrected chi connectivity index (χ0v) is 10.4. The molecule has 1 unspecified atom stereocenters. The van der Waals surface area contributed by atoms with E-state index >= 15 is 0 Å². The minimum atomic E-state index is 0.812. The fourth-order valence-electron chi connectivity index (χ4n) is 2.12. The highest BCUT2D eigenvalue weighted by Gasteiger charge is 2.29. The topological polar surface area (TPSA) is 21.3 Å². The van der Waals surface area contributed by atoms with E-state index in [9.17, 15) is 0 Å². The minimum absolute atomic E-state index is 0.812. The highest BCUT2D eigenvalue weighted by atomic mass is 16.5. The lowest BCUT2D eigenvalue weighted by molar-refractivity contribution is 0.191. The van der Waals surface area contributed by atoms with Crippen LogP contribution in [-0.2, 0) is 4.74 Å². The van der Waals surface area contributed by atoms with E-state index in [4.69, 9.17) is 4.74 Å². The van der Waals surface area contributed by atoms with Crippen molar-refractivity contribution in [1.82, 2.24) is 5.32 Å². The molecule has 1 aliphatic rings. The average Bonchev–Trinajstić information content (AvgIpc) is 3.06. The Balaban J connectivity index is 1.98. The summed E-state index contributed by atoms with van der Waals surface area (Å²) in [5, 5.41) is 3.69. The van der Waals surface area contributed by atoms with Gasteiger partial charge in [0.05, 0.1) is 0 Å². The van der Waals surface area contributed by atoms with Crippen molar-refractivity contribution in [2.75, 3.05) is 20.3 Å². The Bertz CT molecular complexity index is 145. The van der Waals surface area contributed by atoms with Crippen LogP contribution < -0.4 is 5.32 Å². The van der Waals surface area contributed by atoms with Crippen LogP contribution in [0.25, 0.3) is 0 Å². The van der Waals surface area contributed by atoms with E-state index in [1.165, 1.54) is 51.5 Å². The summed E-state index contributed by atoms with van der Waals surface area (Å²) in [5.41, 5.74) is 0. The molecule has 0 amide bonds. The van der Waals surface area contributed by atoms with Gasteiger partial charge in [-0.2, -0.15) is 0 Å². The van der Waals surface area contributed by atoms with Gasteiger partial charge in [-0.1, -0.05) is 19.8 Å². The molecule has 15 heavy (non-hydrogen) atoms. The van der Waals surface area contributed by atoms with Gasteiger partial charge < -0.3 is 10.1 Å². The molecule has 2 nitrogen and oxygen atoms in total. The minimum Gasteiger partial charge on any atom is -0.385 e. The van der Waals surface area contributed by atoms with Crippen molar-refractivity contribution in [1.29, 1.82) is 0 Å². The van der Waals surface area contributed by atoms with Crippen molar-refractivity contribution in [2.45, 2.75) is 57.9 Å². The maximum absolute atomic E-state index is 5.06. The molecule has 1 aliphatic carbocycles. The molecule has 1 atom stereocenters. The first-order valence-corrected chi connectivity index (χ1v) is 6.60. The Morgan fingerprint density at radius 1 is 1.27 bits per heavy atom. The number of nitrogens with one attached hydrogen (secondary N) is 1. The van der Waals surface area contributed by atoms with Gasteiger partial charge in [-0.15, -0.1) is 0 Å². The molecule has 0 aromatic heterocycles. The zero-order chi connectivity index (χ0) is 10.9. The van der Waals surface area contributed by atoms with E-state index < -0.39 is 0 Å². The molecule has 90 valence electrons. The zero-order valence-electron chi connectivity index (χ0n) is 10.4. The lowest BCUT2D eigenvalue weighted by Gasteiger charge is -2.17. The summed E-state index contributed by atoms with van der Waals surface area (Å²) in [6.45, 7) is 4.37. The Morgan fingerprint density at radius 2 is 2.07 bits per heavy atom. The maximum atomic E-state index is 5.06. The van der Waals surface area contributed by atoms with Gasteiger partial charge in [-0.25, -0.2) is 0 Å². The van der Waals surface area contributed by atoms with Crippen molar-refractivity contribution in [3.05, 3.63) is 0 Å². The summed E-state index contributed by atoms with van der Waals surface area (Å²) in [5.74, 6) is 0.999. The third kappa shape index (κ3) is 6.16. The lowest BCUT2D eigenvalue weighted by atomic mass is 10.0. The van der Waals surface area contributed by atoms with Gasteiger partial charge in [0.15, 0.2) is 0 Å². The van der Waals surface area contributed by atoms with Gasteiger partial charge in [0.1, 0.15) is 0 Å². The second-order valence-electron chi connectivity index (χ2n) is 4.74. The molecule has 2 heteroatoms. The van der Waals surface area contributed by atoms with Crippen LogP contribution in [0.2, 0.25) is 0 Å². The highest BCUT2D eigenvalue weighted by molar-refractivity contribution is 4.86. The first-order valence-electron chi connectivity index (χ1n) is 6.60. The molecule has 1 rings (SSSR count). The Morgan fingerprint density at radius 3 is 2.67 bits per heavy atom. The smallest absolute Gasteiger partial charge is 0.0462 e. The molecular formula is C13H27NO. The molecule has 1 N–H and O–H groups in total. The molecule has 0 radical (unpaired) electrons. The third-order valence-electron chi connectivity index (χ3n) is 3.21. The van der Waals surface area contributed by atoms with Gasteiger partial charge in [-0.3, -0.25) is 0 Å². The molecule has 0 spiro atoms. The van der Waals surface area contributed by atoms with Crippen LogP contribution in [0.15, 0.2) is 0 Å². The van der Waals surface area contributed by atoms with Gasteiger partial charge in [-0.05, 0) is 44.6 Å². The van der Waals surface area contributed by atoms with Crippen LogP contribution in [0.5, 0.6) is 0 Å². The van der Waals surface area contributed by atoms with E-state index in [0.29, 0.717) is 0 Å². The van der Waals surface area contributed by atoms with Crippen LogP contribution in [0.1, 0.15) is 51.9 Å². The molecule has 0 aromatic rings. The van der Waals surface area contributed by atoms with Crippen LogP contribution in [0.3, 0.4) is 0 Å². The Hall–Kier alpha value is -0.0800. The molecule has 0 heterocycles.